The normalized spacial score (nSPS) is 12.6. The van der Waals surface area contributed by atoms with Crippen molar-refractivity contribution in [2.45, 2.75) is 17.5 Å². The van der Waals surface area contributed by atoms with Crippen LogP contribution in [0.4, 0.5) is 14.7 Å². The van der Waals surface area contributed by atoms with E-state index in [4.69, 9.17) is 21.1 Å². The second-order valence-electron chi connectivity index (χ2n) is 6.90. The van der Waals surface area contributed by atoms with Gasteiger partial charge < -0.3 is 14.5 Å². The molecule has 0 spiro atoms. The second-order valence-corrected chi connectivity index (χ2v) is 8.95. The van der Waals surface area contributed by atoms with Crippen molar-refractivity contribution in [1.29, 1.82) is 0 Å². The Kier molecular flexibility index (Phi) is 6.52. The van der Waals surface area contributed by atoms with E-state index in [2.05, 4.69) is 29.9 Å². The molecule has 11 nitrogen and oxygen atoms in total. The third kappa shape index (κ3) is 4.33. The lowest BCUT2D eigenvalue weighted by molar-refractivity contribution is 0.253. The molecule has 1 aromatic carbocycles. The SMILES string of the molecule is COc1nc(NS(=O)(=O)c2c[nH]c3c(-n4nccn4)c(Cl)ccc23)nc(OC)c1CC(F)CF. The maximum absolute atomic E-state index is 13.6. The summed E-state index contributed by atoms with van der Waals surface area (Å²) in [6, 6.07) is 3.05. The molecule has 0 fully saturated rings. The summed E-state index contributed by atoms with van der Waals surface area (Å²) < 4.78 is 65.2. The van der Waals surface area contributed by atoms with Crippen molar-refractivity contribution >= 4 is 38.5 Å². The van der Waals surface area contributed by atoms with Gasteiger partial charge >= 0.3 is 0 Å². The van der Waals surface area contributed by atoms with Gasteiger partial charge in [0.25, 0.3) is 10.0 Å². The molecule has 0 amide bonds. The number of ether oxygens (including phenoxy) is 2. The van der Waals surface area contributed by atoms with Gasteiger partial charge in [0.05, 0.1) is 42.7 Å². The first kappa shape index (κ1) is 23.6. The Hall–Kier alpha value is -3.52. The molecule has 15 heteroatoms. The Bertz CT molecular complexity index is 1410. The van der Waals surface area contributed by atoms with Gasteiger partial charge in [-0.15, -0.1) is 4.80 Å². The zero-order chi connectivity index (χ0) is 24.5. The van der Waals surface area contributed by atoms with Crippen LogP contribution in [0.5, 0.6) is 11.8 Å². The minimum absolute atomic E-state index is 0.0659. The van der Waals surface area contributed by atoms with E-state index < -0.39 is 29.3 Å². The van der Waals surface area contributed by atoms with Crippen LogP contribution in [0.1, 0.15) is 5.56 Å². The Balaban J connectivity index is 1.75. The molecular weight excluding hydrogens is 496 g/mol. The number of aromatic amines is 1. The van der Waals surface area contributed by atoms with Crippen LogP contribution < -0.4 is 14.2 Å². The summed E-state index contributed by atoms with van der Waals surface area (Å²) in [4.78, 5) is 12.0. The number of H-pyrrole nitrogens is 1. The van der Waals surface area contributed by atoms with E-state index in [1.54, 1.807) is 0 Å². The van der Waals surface area contributed by atoms with Gasteiger partial charge in [0, 0.05) is 18.0 Å². The van der Waals surface area contributed by atoms with Crippen molar-refractivity contribution in [3.8, 4) is 17.4 Å². The Morgan fingerprint density at radius 2 is 1.82 bits per heavy atom. The number of aromatic nitrogens is 6. The van der Waals surface area contributed by atoms with Crippen molar-refractivity contribution in [2.24, 2.45) is 0 Å². The highest BCUT2D eigenvalue weighted by molar-refractivity contribution is 7.93. The number of alkyl halides is 2. The zero-order valence-electron chi connectivity index (χ0n) is 17.8. The van der Waals surface area contributed by atoms with E-state index in [0.717, 1.165) is 0 Å². The molecule has 0 aliphatic heterocycles. The first-order valence-corrected chi connectivity index (χ1v) is 11.5. The maximum Gasteiger partial charge on any atom is 0.266 e. The van der Waals surface area contributed by atoms with Gasteiger partial charge in [0.1, 0.15) is 23.4 Å². The third-order valence-electron chi connectivity index (χ3n) is 4.79. The second kappa shape index (κ2) is 9.38. The standard InChI is InChI=1S/C19H18ClF2N7O4S/c1-32-17-12(7-10(22)8-21)18(33-2)27-19(26-17)28-34(30,31)14-9-23-15-11(14)3-4-13(20)16(15)29-24-5-6-25-29/h3-6,9-10,23H,7-8H2,1-2H3,(H,26,27,28). The number of fused-ring (bicyclic) bond motifs is 1. The molecule has 0 aliphatic rings. The number of anilines is 1. The summed E-state index contributed by atoms with van der Waals surface area (Å²) in [6.45, 7) is -1.22. The summed E-state index contributed by atoms with van der Waals surface area (Å²) in [5.74, 6) is -0.692. The van der Waals surface area contributed by atoms with E-state index >= 15 is 0 Å². The molecule has 2 N–H and O–H groups in total. The van der Waals surface area contributed by atoms with Crippen LogP contribution >= 0.6 is 11.6 Å². The van der Waals surface area contributed by atoms with Gasteiger partial charge in [-0.2, -0.15) is 20.2 Å². The topological polar surface area (TPSA) is 137 Å². The van der Waals surface area contributed by atoms with Crippen LogP contribution in [0.2, 0.25) is 5.02 Å². The smallest absolute Gasteiger partial charge is 0.266 e. The molecule has 0 aliphatic carbocycles. The zero-order valence-corrected chi connectivity index (χ0v) is 19.4. The average molecular weight is 514 g/mol. The fraction of sp³-hybridized carbons (Fsp3) is 0.263. The molecule has 3 aromatic heterocycles. The summed E-state index contributed by atoms with van der Waals surface area (Å²) in [5, 5.41) is 8.70. The molecule has 34 heavy (non-hydrogen) atoms. The van der Waals surface area contributed by atoms with Crippen LogP contribution in [0, 0.1) is 0 Å². The average Bonchev–Trinajstić information content (AvgIpc) is 3.49. The third-order valence-corrected chi connectivity index (χ3v) is 6.46. The van der Waals surface area contributed by atoms with Gasteiger partial charge in [-0.25, -0.2) is 21.9 Å². The number of rotatable bonds is 9. The van der Waals surface area contributed by atoms with Gasteiger partial charge in [-0.3, -0.25) is 0 Å². The minimum Gasteiger partial charge on any atom is -0.481 e. The maximum atomic E-state index is 13.6. The van der Waals surface area contributed by atoms with Crippen molar-refractivity contribution in [2.75, 3.05) is 25.6 Å². The van der Waals surface area contributed by atoms with Crippen LogP contribution in [-0.4, -0.2) is 65.4 Å². The van der Waals surface area contributed by atoms with E-state index in [9.17, 15) is 17.2 Å². The van der Waals surface area contributed by atoms with Crippen molar-refractivity contribution < 1.29 is 26.7 Å². The van der Waals surface area contributed by atoms with Crippen molar-refractivity contribution in [1.82, 2.24) is 29.9 Å². The molecule has 0 radical (unpaired) electrons. The van der Waals surface area contributed by atoms with Crippen molar-refractivity contribution in [3.63, 3.8) is 0 Å². The van der Waals surface area contributed by atoms with Crippen LogP contribution in [0.3, 0.4) is 0 Å². The lowest BCUT2D eigenvalue weighted by Crippen LogP contribution is -2.17. The van der Waals surface area contributed by atoms with Gasteiger partial charge in [-0.05, 0) is 12.1 Å². The molecular formula is C19H18ClF2N7O4S. The molecule has 4 rings (SSSR count). The summed E-state index contributed by atoms with van der Waals surface area (Å²) in [7, 11) is -1.73. The fourth-order valence-corrected chi connectivity index (χ4v) is 4.68. The molecule has 0 saturated heterocycles. The minimum atomic E-state index is -4.23. The molecule has 0 bridgehead atoms. The highest BCUT2D eigenvalue weighted by atomic mass is 35.5. The number of methoxy groups -OCH3 is 2. The number of sulfonamides is 1. The first-order chi connectivity index (χ1) is 16.3. The number of hydrogen-bond acceptors (Lipinski definition) is 8. The molecule has 180 valence electrons. The van der Waals surface area contributed by atoms with Gasteiger partial charge in [0.15, 0.2) is 0 Å². The number of hydrogen-bond donors (Lipinski definition) is 2. The Morgan fingerprint density at radius 3 is 2.41 bits per heavy atom. The van der Waals surface area contributed by atoms with Gasteiger partial charge in [0.2, 0.25) is 17.7 Å². The Morgan fingerprint density at radius 1 is 1.18 bits per heavy atom. The number of nitrogens with zero attached hydrogens (tertiary/aromatic N) is 5. The van der Waals surface area contributed by atoms with E-state index in [1.165, 1.54) is 49.7 Å². The lowest BCUT2D eigenvalue weighted by atomic mass is 10.1. The van der Waals surface area contributed by atoms with Crippen LogP contribution in [0.25, 0.3) is 16.6 Å². The monoisotopic (exact) mass is 513 g/mol. The molecule has 4 aromatic rings. The summed E-state index contributed by atoms with van der Waals surface area (Å²) in [6.07, 6.45) is 1.94. The fourth-order valence-electron chi connectivity index (χ4n) is 3.33. The number of halogens is 3. The largest absolute Gasteiger partial charge is 0.481 e. The van der Waals surface area contributed by atoms with Gasteiger partial charge in [-0.1, -0.05) is 11.6 Å². The summed E-state index contributed by atoms with van der Waals surface area (Å²) in [5.41, 5.74) is 0.815. The number of benzene rings is 1. The summed E-state index contributed by atoms with van der Waals surface area (Å²) >= 11 is 6.29. The predicted octanol–water partition coefficient (Wildman–Crippen LogP) is 2.86. The highest BCUT2D eigenvalue weighted by Gasteiger charge is 2.26. The highest BCUT2D eigenvalue weighted by Crippen LogP contribution is 2.33. The van der Waals surface area contributed by atoms with Crippen LogP contribution in [0.15, 0.2) is 35.6 Å². The Labute approximate surface area is 197 Å². The lowest BCUT2D eigenvalue weighted by Gasteiger charge is -2.14. The first-order valence-electron chi connectivity index (χ1n) is 9.67. The molecule has 0 saturated carbocycles. The number of nitrogens with one attached hydrogen (secondary N) is 2. The van der Waals surface area contributed by atoms with E-state index in [1.807, 2.05) is 0 Å². The molecule has 1 unspecified atom stereocenters. The quantitative estimate of drug-likeness (QED) is 0.348. The predicted molar refractivity (Wildman–Crippen MR) is 119 cm³/mol. The van der Waals surface area contributed by atoms with E-state index in [-0.39, 0.29) is 28.2 Å². The molecule has 3 heterocycles. The molecule has 1 atom stereocenters. The van der Waals surface area contributed by atoms with Crippen LogP contribution in [-0.2, 0) is 16.4 Å². The van der Waals surface area contributed by atoms with E-state index in [0.29, 0.717) is 21.6 Å². The van der Waals surface area contributed by atoms with Crippen molar-refractivity contribution in [3.05, 3.63) is 41.3 Å².